The van der Waals surface area contributed by atoms with Crippen LogP contribution in [0.2, 0.25) is 0 Å². The van der Waals surface area contributed by atoms with Gasteiger partial charge in [-0.05, 0) is 70.0 Å². The number of ether oxygens (including phenoxy) is 1. The molecule has 0 saturated heterocycles. The fourth-order valence-corrected chi connectivity index (χ4v) is 4.40. The number of aromatic nitrogens is 3. The van der Waals surface area contributed by atoms with E-state index < -0.39 is 5.60 Å². The van der Waals surface area contributed by atoms with E-state index in [-0.39, 0.29) is 18.1 Å². The van der Waals surface area contributed by atoms with Crippen LogP contribution in [0.3, 0.4) is 0 Å². The van der Waals surface area contributed by atoms with Crippen LogP contribution >= 0.6 is 0 Å². The number of nitrogens with one attached hydrogen (secondary N) is 1. The van der Waals surface area contributed by atoms with Crippen LogP contribution in [0.15, 0.2) is 48.5 Å². The predicted molar refractivity (Wildman–Crippen MR) is 131 cm³/mol. The average molecular weight is 455 g/mol. The third-order valence-electron chi connectivity index (χ3n) is 6.04. The Balaban J connectivity index is 1.49. The highest BCUT2D eigenvalue weighted by Crippen LogP contribution is 2.33. The van der Waals surface area contributed by atoms with Gasteiger partial charge < -0.3 is 10.1 Å². The molecule has 0 fully saturated rings. The predicted octanol–water partition coefficient (Wildman–Crippen LogP) is 5.34. The zero-order chi connectivity index (χ0) is 24.2. The van der Waals surface area contributed by atoms with Gasteiger partial charge in [0.15, 0.2) is 11.6 Å². The van der Waals surface area contributed by atoms with Crippen molar-refractivity contribution < 1.29 is 14.3 Å². The number of amides is 1. The number of Topliss-reactive ketones (excluding diaryl/α,β-unsaturated/α-hetero) is 1. The minimum Gasteiger partial charge on any atom is -0.487 e. The van der Waals surface area contributed by atoms with E-state index in [4.69, 9.17) is 9.72 Å². The molecule has 4 aromatic rings. The molecule has 0 unspecified atom stereocenters. The van der Waals surface area contributed by atoms with Crippen LogP contribution < -0.4 is 10.1 Å². The first kappa shape index (κ1) is 21.8. The van der Waals surface area contributed by atoms with E-state index in [2.05, 4.69) is 10.4 Å². The van der Waals surface area contributed by atoms with Gasteiger partial charge in [-0.3, -0.25) is 9.59 Å². The molecule has 0 radical (unpaired) electrons. The summed E-state index contributed by atoms with van der Waals surface area (Å²) in [4.78, 5) is 30.6. The molecule has 0 saturated carbocycles. The molecule has 7 heteroatoms. The maximum absolute atomic E-state index is 13.1. The van der Waals surface area contributed by atoms with Crippen LogP contribution in [0.25, 0.3) is 16.7 Å². The summed E-state index contributed by atoms with van der Waals surface area (Å²) >= 11 is 0. The number of benzene rings is 2. The average Bonchev–Trinajstić information content (AvgIpc) is 3.13. The van der Waals surface area contributed by atoms with Crippen molar-refractivity contribution in [2.45, 2.75) is 46.6 Å². The standard InChI is InChI=1S/C27H26N4O3/c1-15-7-6-8-19-16(2)11-23(28-25(15)19)31-24(12-17(3)30-31)29-26(33)18-9-10-22-20(13-18)21(32)14-27(4,5)34-22/h6-13H,14H2,1-5H3,(H,29,33). The number of nitrogens with zero attached hydrogens (tertiary/aromatic N) is 3. The Morgan fingerprint density at radius 3 is 2.65 bits per heavy atom. The molecular formula is C27H26N4O3. The number of para-hydroxylation sites is 1. The summed E-state index contributed by atoms with van der Waals surface area (Å²) in [5.41, 5.74) is 4.04. The summed E-state index contributed by atoms with van der Waals surface area (Å²) < 4.78 is 7.54. The molecule has 0 aliphatic carbocycles. The van der Waals surface area contributed by atoms with Crippen molar-refractivity contribution in [3.63, 3.8) is 0 Å². The van der Waals surface area contributed by atoms with Gasteiger partial charge in [-0.15, -0.1) is 0 Å². The molecule has 2 aromatic carbocycles. The number of rotatable bonds is 3. The number of ketones is 1. The topological polar surface area (TPSA) is 86.1 Å². The van der Waals surface area contributed by atoms with Crippen molar-refractivity contribution in [3.8, 4) is 11.6 Å². The molecule has 0 bridgehead atoms. The number of carbonyl (C=O) groups is 2. The van der Waals surface area contributed by atoms with Crippen molar-refractivity contribution in [1.82, 2.24) is 14.8 Å². The van der Waals surface area contributed by atoms with Gasteiger partial charge in [-0.25, -0.2) is 4.98 Å². The second kappa shape index (κ2) is 7.80. The lowest BCUT2D eigenvalue weighted by Gasteiger charge is -2.31. The van der Waals surface area contributed by atoms with Crippen LogP contribution in [0.4, 0.5) is 5.82 Å². The molecular weight excluding hydrogens is 428 g/mol. The summed E-state index contributed by atoms with van der Waals surface area (Å²) in [5.74, 6) is 1.26. The molecule has 172 valence electrons. The summed E-state index contributed by atoms with van der Waals surface area (Å²) in [5, 5.41) is 8.59. The number of hydrogen-bond acceptors (Lipinski definition) is 5. The van der Waals surface area contributed by atoms with E-state index in [1.54, 1.807) is 28.9 Å². The largest absolute Gasteiger partial charge is 0.487 e. The Bertz CT molecular complexity index is 1480. The van der Waals surface area contributed by atoms with Gasteiger partial charge in [0.25, 0.3) is 5.91 Å². The van der Waals surface area contributed by atoms with E-state index in [0.29, 0.717) is 28.5 Å². The van der Waals surface area contributed by atoms with Gasteiger partial charge in [0, 0.05) is 17.0 Å². The van der Waals surface area contributed by atoms with E-state index in [0.717, 1.165) is 27.7 Å². The van der Waals surface area contributed by atoms with Gasteiger partial charge in [-0.1, -0.05) is 18.2 Å². The molecule has 0 atom stereocenters. The van der Waals surface area contributed by atoms with Crippen LogP contribution in [0, 0.1) is 20.8 Å². The monoisotopic (exact) mass is 454 g/mol. The lowest BCUT2D eigenvalue weighted by atomic mass is 9.92. The number of pyridine rings is 1. The lowest BCUT2D eigenvalue weighted by molar-refractivity contribution is 0.0620. The smallest absolute Gasteiger partial charge is 0.256 e. The highest BCUT2D eigenvalue weighted by atomic mass is 16.5. The number of carbonyl (C=O) groups excluding carboxylic acids is 2. The third-order valence-corrected chi connectivity index (χ3v) is 6.04. The first-order valence-electron chi connectivity index (χ1n) is 11.2. The van der Waals surface area contributed by atoms with E-state index in [1.807, 2.05) is 58.9 Å². The quantitative estimate of drug-likeness (QED) is 0.451. The van der Waals surface area contributed by atoms with Crippen molar-refractivity contribution in [2.24, 2.45) is 0 Å². The summed E-state index contributed by atoms with van der Waals surface area (Å²) in [6, 6.07) is 14.8. The molecule has 1 amide bonds. The number of anilines is 1. The van der Waals surface area contributed by atoms with Gasteiger partial charge in [0.05, 0.1) is 23.2 Å². The first-order chi connectivity index (χ1) is 16.1. The molecule has 7 nitrogen and oxygen atoms in total. The Labute approximate surface area is 197 Å². The Morgan fingerprint density at radius 2 is 1.85 bits per heavy atom. The summed E-state index contributed by atoms with van der Waals surface area (Å²) in [6.45, 7) is 9.68. The molecule has 1 aliphatic rings. The second-order valence-electron chi connectivity index (χ2n) is 9.48. The molecule has 3 heterocycles. The van der Waals surface area contributed by atoms with Gasteiger partial charge >= 0.3 is 0 Å². The van der Waals surface area contributed by atoms with E-state index >= 15 is 0 Å². The van der Waals surface area contributed by atoms with E-state index in [1.165, 1.54) is 0 Å². The maximum atomic E-state index is 13.1. The fourth-order valence-electron chi connectivity index (χ4n) is 4.40. The minimum atomic E-state index is -0.554. The van der Waals surface area contributed by atoms with Crippen LogP contribution in [-0.2, 0) is 0 Å². The van der Waals surface area contributed by atoms with Crippen molar-refractivity contribution in [2.75, 3.05) is 5.32 Å². The van der Waals surface area contributed by atoms with Crippen molar-refractivity contribution >= 4 is 28.4 Å². The summed E-state index contributed by atoms with van der Waals surface area (Å²) in [7, 11) is 0. The fraction of sp³-hybridized carbons (Fsp3) is 0.259. The number of fused-ring (bicyclic) bond motifs is 2. The Hall–Kier alpha value is -4.00. The highest BCUT2D eigenvalue weighted by molar-refractivity contribution is 6.07. The molecule has 5 rings (SSSR count). The SMILES string of the molecule is Cc1cc(NC(=O)c2ccc3c(c2)C(=O)CC(C)(C)O3)n(-c2cc(C)c3cccc(C)c3n2)n1. The van der Waals surface area contributed by atoms with Crippen LogP contribution in [-0.4, -0.2) is 32.1 Å². The summed E-state index contributed by atoms with van der Waals surface area (Å²) in [6.07, 6.45) is 0.267. The third kappa shape index (κ3) is 3.83. The normalized spacial score (nSPS) is 14.6. The van der Waals surface area contributed by atoms with Crippen molar-refractivity contribution in [3.05, 3.63) is 76.5 Å². The first-order valence-corrected chi connectivity index (χ1v) is 11.2. The number of aryl methyl sites for hydroxylation is 3. The van der Waals surface area contributed by atoms with E-state index in [9.17, 15) is 9.59 Å². The zero-order valence-corrected chi connectivity index (χ0v) is 19.9. The van der Waals surface area contributed by atoms with Gasteiger partial charge in [-0.2, -0.15) is 9.78 Å². The Morgan fingerprint density at radius 1 is 1.06 bits per heavy atom. The number of hydrogen-bond donors (Lipinski definition) is 1. The van der Waals surface area contributed by atoms with Crippen LogP contribution in [0.1, 0.15) is 57.8 Å². The Kier molecular flexibility index (Phi) is 5.01. The van der Waals surface area contributed by atoms with Crippen molar-refractivity contribution in [1.29, 1.82) is 0 Å². The highest BCUT2D eigenvalue weighted by Gasteiger charge is 2.33. The molecule has 2 aromatic heterocycles. The maximum Gasteiger partial charge on any atom is 0.256 e. The lowest BCUT2D eigenvalue weighted by Crippen LogP contribution is -2.36. The molecule has 34 heavy (non-hydrogen) atoms. The molecule has 0 spiro atoms. The van der Waals surface area contributed by atoms with Gasteiger partial charge in [0.1, 0.15) is 17.2 Å². The van der Waals surface area contributed by atoms with Gasteiger partial charge in [0.2, 0.25) is 0 Å². The molecule has 1 aliphatic heterocycles. The van der Waals surface area contributed by atoms with Crippen LogP contribution in [0.5, 0.6) is 5.75 Å². The zero-order valence-electron chi connectivity index (χ0n) is 19.9. The molecule has 1 N–H and O–H groups in total. The second-order valence-corrected chi connectivity index (χ2v) is 9.48. The minimum absolute atomic E-state index is 0.0343.